The Morgan fingerprint density at radius 1 is 1.00 bits per heavy atom. The van der Waals surface area contributed by atoms with Gasteiger partial charge in [0, 0.05) is 23.5 Å². The van der Waals surface area contributed by atoms with E-state index < -0.39 is 6.04 Å². The number of nitrogens with zero attached hydrogens (tertiary/aromatic N) is 1. The minimum atomic E-state index is -0.698. The van der Waals surface area contributed by atoms with Gasteiger partial charge in [-0.15, -0.1) is 0 Å². The predicted octanol–water partition coefficient (Wildman–Crippen LogP) is 3.74. The third kappa shape index (κ3) is 7.31. The van der Waals surface area contributed by atoms with Crippen LogP contribution in [0.3, 0.4) is 0 Å². The molecule has 0 heterocycles. The van der Waals surface area contributed by atoms with Gasteiger partial charge in [0.1, 0.15) is 11.9 Å². The molecule has 0 saturated heterocycles. The first kappa shape index (κ1) is 24.2. The maximum absolute atomic E-state index is 13.1. The standard InChI is InChI=1S/C25H31ClFN3O2/c1-30(2)22-13-11-21(12-14-22)28-25(32)23(15-17-3-7-19(26)8-4-17)29-24(31)16-18-5-9-20(27)10-6-18/h3-10,21-23H,11-16H2,1-2H3,(H,28,32)(H,29,31)/t21?,22?,23-/m1/s1. The molecule has 7 heteroatoms. The van der Waals surface area contributed by atoms with Gasteiger partial charge in [0.25, 0.3) is 0 Å². The molecule has 0 spiro atoms. The molecule has 2 N–H and O–H groups in total. The van der Waals surface area contributed by atoms with Crippen molar-refractivity contribution in [1.29, 1.82) is 0 Å². The van der Waals surface area contributed by atoms with Gasteiger partial charge in [-0.2, -0.15) is 0 Å². The van der Waals surface area contributed by atoms with E-state index in [1.807, 2.05) is 12.1 Å². The van der Waals surface area contributed by atoms with Crippen LogP contribution in [0.5, 0.6) is 0 Å². The van der Waals surface area contributed by atoms with Crippen molar-refractivity contribution in [3.05, 3.63) is 70.5 Å². The van der Waals surface area contributed by atoms with Gasteiger partial charge in [0.2, 0.25) is 11.8 Å². The highest BCUT2D eigenvalue weighted by molar-refractivity contribution is 6.30. The minimum Gasteiger partial charge on any atom is -0.352 e. The molecule has 2 aromatic carbocycles. The summed E-state index contributed by atoms with van der Waals surface area (Å²) >= 11 is 5.98. The number of nitrogens with one attached hydrogen (secondary N) is 2. The van der Waals surface area contributed by atoms with E-state index in [9.17, 15) is 14.0 Å². The SMILES string of the molecule is CN(C)C1CCC(NC(=O)[C@@H](Cc2ccc(Cl)cc2)NC(=O)Cc2ccc(F)cc2)CC1. The van der Waals surface area contributed by atoms with Gasteiger partial charge < -0.3 is 15.5 Å². The van der Waals surface area contributed by atoms with E-state index in [2.05, 4.69) is 29.6 Å². The molecule has 2 aromatic rings. The van der Waals surface area contributed by atoms with E-state index in [1.54, 1.807) is 24.3 Å². The van der Waals surface area contributed by atoms with Crippen molar-refractivity contribution < 1.29 is 14.0 Å². The molecule has 0 unspecified atom stereocenters. The number of carbonyl (C=O) groups is 2. The summed E-state index contributed by atoms with van der Waals surface area (Å²) in [7, 11) is 4.17. The molecule has 1 atom stereocenters. The number of hydrogen-bond acceptors (Lipinski definition) is 3. The monoisotopic (exact) mass is 459 g/mol. The molecule has 1 saturated carbocycles. The van der Waals surface area contributed by atoms with E-state index in [0.717, 1.165) is 31.2 Å². The van der Waals surface area contributed by atoms with Crippen molar-refractivity contribution in [2.45, 2.75) is 56.7 Å². The number of halogens is 2. The van der Waals surface area contributed by atoms with Gasteiger partial charge in [0.15, 0.2) is 0 Å². The summed E-state index contributed by atoms with van der Waals surface area (Å²) in [6, 6.07) is 13.0. The Bertz CT molecular complexity index is 894. The van der Waals surface area contributed by atoms with Crippen LogP contribution < -0.4 is 10.6 Å². The Morgan fingerprint density at radius 3 is 2.19 bits per heavy atom. The van der Waals surface area contributed by atoms with Crippen LogP contribution in [0.4, 0.5) is 4.39 Å². The van der Waals surface area contributed by atoms with Gasteiger partial charge in [-0.05, 0) is 75.2 Å². The normalized spacial score (nSPS) is 19.4. The molecule has 1 fully saturated rings. The first-order chi connectivity index (χ1) is 15.3. The fourth-order valence-electron chi connectivity index (χ4n) is 4.14. The van der Waals surface area contributed by atoms with E-state index in [0.29, 0.717) is 23.0 Å². The molecule has 0 bridgehead atoms. The van der Waals surface area contributed by atoms with Gasteiger partial charge in [-0.1, -0.05) is 35.9 Å². The van der Waals surface area contributed by atoms with Crippen LogP contribution in [0.25, 0.3) is 0 Å². The number of hydrogen-bond donors (Lipinski definition) is 2. The lowest BCUT2D eigenvalue weighted by Crippen LogP contribution is -2.52. The molecule has 3 rings (SSSR count). The number of carbonyl (C=O) groups excluding carboxylic acids is 2. The molecule has 32 heavy (non-hydrogen) atoms. The summed E-state index contributed by atoms with van der Waals surface area (Å²) in [6.45, 7) is 0. The van der Waals surface area contributed by atoms with Crippen LogP contribution in [0.2, 0.25) is 5.02 Å². The molecular formula is C25H31ClFN3O2. The predicted molar refractivity (Wildman–Crippen MR) is 125 cm³/mol. The second kappa shape index (κ2) is 11.4. The maximum Gasteiger partial charge on any atom is 0.243 e. The first-order valence-electron chi connectivity index (χ1n) is 11.0. The molecule has 5 nitrogen and oxygen atoms in total. The van der Waals surface area contributed by atoms with Crippen molar-refractivity contribution in [2.24, 2.45) is 0 Å². The molecule has 0 aliphatic heterocycles. The van der Waals surface area contributed by atoms with Crippen molar-refractivity contribution in [1.82, 2.24) is 15.5 Å². The number of amides is 2. The smallest absolute Gasteiger partial charge is 0.243 e. The summed E-state index contributed by atoms with van der Waals surface area (Å²) in [4.78, 5) is 28.0. The first-order valence-corrected chi connectivity index (χ1v) is 11.4. The second-order valence-electron chi connectivity index (χ2n) is 8.73. The molecule has 2 amide bonds. The molecule has 0 aromatic heterocycles. The molecule has 172 valence electrons. The Kier molecular flexibility index (Phi) is 8.65. The lowest BCUT2D eigenvalue weighted by molar-refractivity contribution is -0.129. The van der Waals surface area contributed by atoms with E-state index in [4.69, 9.17) is 11.6 Å². The van der Waals surface area contributed by atoms with E-state index in [-0.39, 0.29) is 30.1 Å². The van der Waals surface area contributed by atoms with Crippen molar-refractivity contribution in [3.63, 3.8) is 0 Å². The lowest BCUT2D eigenvalue weighted by Gasteiger charge is -2.33. The van der Waals surface area contributed by atoms with Crippen LogP contribution in [-0.4, -0.2) is 48.9 Å². The van der Waals surface area contributed by atoms with Crippen LogP contribution in [0.15, 0.2) is 48.5 Å². The van der Waals surface area contributed by atoms with Crippen LogP contribution in [0.1, 0.15) is 36.8 Å². The van der Waals surface area contributed by atoms with Crippen molar-refractivity contribution in [3.8, 4) is 0 Å². The Balaban J connectivity index is 1.64. The largest absolute Gasteiger partial charge is 0.352 e. The highest BCUT2D eigenvalue weighted by Crippen LogP contribution is 2.22. The number of benzene rings is 2. The average Bonchev–Trinajstić information content (AvgIpc) is 2.76. The maximum atomic E-state index is 13.1. The average molecular weight is 460 g/mol. The van der Waals surface area contributed by atoms with E-state index >= 15 is 0 Å². The highest BCUT2D eigenvalue weighted by Gasteiger charge is 2.27. The van der Waals surface area contributed by atoms with Crippen LogP contribution >= 0.6 is 11.6 Å². The second-order valence-corrected chi connectivity index (χ2v) is 9.17. The molecular weight excluding hydrogens is 429 g/mol. The van der Waals surface area contributed by atoms with Gasteiger partial charge in [-0.25, -0.2) is 4.39 Å². The third-order valence-electron chi connectivity index (χ3n) is 6.06. The van der Waals surface area contributed by atoms with Gasteiger partial charge in [0.05, 0.1) is 6.42 Å². The highest BCUT2D eigenvalue weighted by atomic mass is 35.5. The van der Waals surface area contributed by atoms with Crippen LogP contribution in [0, 0.1) is 5.82 Å². The Labute approximate surface area is 194 Å². The Morgan fingerprint density at radius 2 is 1.59 bits per heavy atom. The quantitative estimate of drug-likeness (QED) is 0.632. The molecule has 1 aliphatic carbocycles. The third-order valence-corrected chi connectivity index (χ3v) is 6.31. The van der Waals surface area contributed by atoms with Crippen molar-refractivity contribution >= 4 is 23.4 Å². The summed E-state index contributed by atoms with van der Waals surface area (Å²) in [6.07, 6.45) is 4.37. The van der Waals surface area contributed by atoms with Crippen molar-refractivity contribution in [2.75, 3.05) is 14.1 Å². The lowest BCUT2D eigenvalue weighted by atomic mass is 9.90. The summed E-state index contributed by atoms with van der Waals surface area (Å²) in [5.74, 6) is -0.805. The molecule has 1 aliphatic rings. The fourth-order valence-corrected chi connectivity index (χ4v) is 4.26. The summed E-state index contributed by atoms with van der Waals surface area (Å²) in [5.41, 5.74) is 1.60. The van der Waals surface area contributed by atoms with E-state index in [1.165, 1.54) is 12.1 Å². The molecule has 0 radical (unpaired) electrons. The van der Waals surface area contributed by atoms with Gasteiger partial charge in [-0.3, -0.25) is 9.59 Å². The Hall–Kier alpha value is -2.44. The zero-order valence-corrected chi connectivity index (χ0v) is 19.4. The minimum absolute atomic E-state index is 0.0820. The van der Waals surface area contributed by atoms with Gasteiger partial charge >= 0.3 is 0 Å². The topological polar surface area (TPSA) is 61.4 Å². The van der Waals surface area contributed by atoms with Crippen LogP contribution in [-0.2, 0) is 22.4 Å². The number of rotatable bonds is 8. The zero-order chi connectivity index (χ0) is 23.1. The fraction of sp³-hybridized carbons (Fsp3) is 0.440. The summed E-state index contributed by atoms with van der Waals surface area (Å²) in [5, 5.41) is 6.63. The summed E-state index contributed by atoms with van der Waals surface area (Å²) < 4.78 is 13.1. The zero-order valence-electron chi connectivity index (χ0n) is 18.6.